The van der Waals surface area contributed by atoms with Gasteiger partial charge in [-0.25, -0.2) is 9.89 Å². The van der Waals surface area contributed by atoms with E-state index in [4.69, 9.17) is 0 Å². The molecule has 0 saturated heterocycles. The molecular formula is C16H24N6O2. The molecule has 2 heterocycles. The molecule has 2 aromatic heterocycles. The van der Waals surface area contributed by atoms with Crippen molar-refractivity contribution in [3.8, 4) is 0 Å². The summed E-state index contributed by atoms with van der Waals surface area (Å²) in [5, 5.41) is 13.9. The summed E-state index contributed by atoms with van der Waals surface area (Å²) in [6.45, 7) is 1.89. The van der Waals surface area contributed by atoms with E-state index in [0.717, 1.165) is 37.1 Å². The molecule has 0 radical (unpaired) electrons. The Balaban J connectivity index is 1.74. The van der Waals surface area contributed by atoms with Crippen LogP contribution in [0.2, 0.25) is 0 Å². The topological polar surface area (TPSA) is 97.6 Å². The zero-order chi connectivity index (χ0) is 17.3. The highest BCUT2D eigenvalue weighted by Gasteiger charge is 2.29. The van der Waals surface area contributed by atoms with Gasteiger partial charge in [0.2, 0.25) is 0 Å². The first-order chi connectivity index (χ1) is 11.5. The molecule has 2 atom stereocenters. The Labute approximate surface area is 140 Å². The van der Waals surface area contributed by atoms with Gasteiger partial charge in [0.15, 0.2) is 0 Å². The van der Waals surface area contributed by atoms with Crippen molar-refractivity contribution in [2.24, 2.45) is 20.0 Å². The number of aromatic amines is 1. The normalized spacial score (nSPS) is 21.0. The Morgan fingerprint density at radius 3 is 2.75 bits per heavy atom. The van der Waals surface area contributed by atoms with Gasteiger partial charge in [-0.15, -0.1) is 0 Å². The summed E-state index contributed by atoms with van der Waals surface area (Å²) < 4.78 is 3.15. The Morgan fingerprint density at radius 1 is 1.38 bits per heavy atom. The maximum atomic E-state index is 12.6. The molecule has 130 valence electrons. The predicted octanol–water partition coefficient (Wildman–Crippen LogP) is 0.682. The molecular weight excluding hydrogens is 308 g/mol. The molecule has 1 saturated carbocycles. The summed E-state index contributed by atoms with van der Waals surface area (Å²) in [6, 6.07) is 0.0901. The average Bonchev–Trinajstić information content (AvgIpc) is 3.05. The molecule has 2 N–H and O–H groups in total. The number of rotatable bonds is 4. The van der Waals surface area contributed by atoms with E-state index in [1.165, 1.54) is 0 Å². The number of hydrogen-bond acceptors (Lipinski definition) is 4. The molecule has 2 aromatic rings. The number of nitrogens with zero attached hydrogens (tertiary/aromatic N) is 4. The van der Waals surface area contributed by atoms with Crippen molar-refractivity contribution in [3.05, 3.63) is 33.8 Å². The lowest BCUT2D eigenvalue weighted by atomic mass is 9.82. The Morgan fingerprint density at radius 2 is 2.12 bits per heavy atom. The molecule has 1 aliphatic rings. The molecule has 8 heteroatoms. The van der Waals surface area contributed by atoms with E-state index in [0.29, 0.717) is 12.1 Å². The molecule has 0 unspecified atom stereocenters. The van der Waals surface area contributed by atoms with Gasteiger partial charge in [-0.3, -0.25) is 14.0 Å². The Bertz CT molecular complexity index is 767. The van der Waals surface area contributed by atoms with Crippen LogP contribution < -0.4 is 11.0 Å². The number of aromatic nitrogens is 5. The minimum atomic E-state index is -0.202. The fraction of sp³-hybridized carbons (Fsp3) is 0.625. The van der Waals surface area contributed by atoms with Crippen LogP contribution in [0.5, 0.6) is 0 Å². The van der Waals surface area contributed by atoms with E-state index >= 15 is 0 Å². The van der Waals surface area contributed by atoms with Crippen molar-refractivity contribution in [1.82, 2.24) is 29.9 Å². The summed E-state index contributed by atoms with van der Waals surface area (Å²) >= 11 is 0. The van der Waals surface area contributed by atoms with Crippen LogP contribution in [0.4, 0.5) is 0 Å². The zero-order valence-electron chi connectivity index (χ0n) is 14.4. The highest BCUT2D eigenvalue weighted by Crippen LogP contribution is 2.27. The van der Waals surface area contributed by atoms with Gasteiger partial charge in [0.25, 0.3) is 5.91 Å². The number of H-pyrrole nitrogens is 1. The third kappa shape index (κ3) is 3.13. The molecule has 0 aromatic carbocycles. The molecule has 1 aliphatic carbocycles. The van der Waals surface area contributed by atoms with Crippen LogP contribution in [-0.2, 0) is 20.5 Å². The molecule has 1 fully saturated rings. The van der Waals surface area contributed by atoms with Crippen molar-refractivity contribution >= 4 is 5.91 Å². The molecule has 0 bridgehead atoms. The second-order valence-corrected chi connectivity index (χ2v) is 6.63. The van der Waals surface area contributed by atoms with Crippen LogP contribution in [0.1, 0.15) is 47.6 Å². The third-order valence-corrected chi connectivity index (χ3v) is 4.98. The summed E-state index contributed by atoms with van der Waals surface area (Å²) in [5.41, 5.74) is 1.27. The fourth-order valence-corrected chi connectivity index (χ4v) is 3.55. The monoisotopic (exact) mass is 332 g/mol. The summed E-state index contributed by atoms with van der Waals surface area (Å²) in [7, 11) is 3.50. The van der Waals surface area contributed by atoms with Gasteiger partial charge >= 0.3 is 5.69 Å². The lowest BCUT2D eigenvalue weighted by molar-refractivity contribution is 0.0894. The smallest absolute Gasteiger partial charge is 0.343 e. The first-order valence-electron chi connectivity index (χ1n) is 8.37. The second-order valence-electron chi connectivity index (χ2n) is 6.63. The van der Waals surface area contributed by atoms with Gasteiger partial charge < -0.3 is 5.32 Å². The Kier molecular flexibility index (Phi) is 4.55. The first kappa shape index (κ1) is 16.5. The second kappa shape index (κ2) is 6.62. The maximum absolute atomic E-state index is 12.6. The summed E-state index contributed by atoms with van der Waals surface area (Å²) in [5.74, 6) is 0.938. The standard InChI is InChI=1S/C16H24N6O2/c1-10-9-17-22(3)14(10)15(23)18-12-7-5-4-6-11(12)8-13-19-20-16(24)21(13)2/h9,11-12H,4-8H2,1-3H3,(H,18,23)(H,20,24)/t11-,12-/m1/s1. The van der Waals surface area contributed by atoms with Crippen molar-refractivity contribution in [2.75, 3.05) is 0 Å². The van der Waals surface area contributed by atoms with Crippen LogP contribution in [0.25, 0.3) is 0 Å². The molecule has 8 nitrogen and oxygen atoms in total. The Hall–Kier alpha value is -2.38. The van der Waals surface area contributed by atoms with Gasteiger partial charge in [0, 0.05) is 26.6 Å². The molecule has 3 rings (SSSR count). The van der Waals surface area contributed by atoms with Gasteiger partial charge in [-0.1, -0.05) is 12.8 Å². The van der Waals surface area contributed by atoms with Crippen LogP contribution in [0.3, 0.4) is 0 Å². The van der Waals surface area contributed by atoms with E-state index < -0.39 is 0 Å². The summed E-state index contributed by atoms with van der Waals surface area (Å²) in [4.78, 5) is 24.2. The van der Waals surface area contributed by atoms with Gasteiger partial charge in [0.1, 0.15) is 11.5 Å². The number of aryl methyl sites for hydroxylation is 2. The molecule has 0 spiro atoms. The lowest BCUT2D eigenvalue weighted by Gasteiger charge is -2.32. The average molecular weight is 332 g/mol. The van der Waals surface area contributed by atoms with Crippen LogP contribution in [-0.4, -0.2) is 36.5 Å². The predicted molar refractivity (Wildman–Crippen MR) is 88.7 cm³/mol. The molecule has 1 amide bonds. The lowest BCUT2D eigenvalue weighted by Crippen LogP contribution is -2.44. The van der Waals surface area contributed by atoms with Crippen molar-refractivity contribution < 1.29 is 4.79 Å². The number of amides is 1. The largest absolute Gasteiger partial charge is 0.348 e. The maximum Gasteiger partial charge on any atom is 0.343 e. The SMILES string of the molecule is Cc1cnn(C)c1C(=O)N[C@@H]1CCCC[C@@H]1Cc1n[nH]c(=O)n1C. The molecule has 0 aliphatic heterocycles. The van der Waals surface area contributed by atoms with E-state index in [2.05, 4.69) is 20.6 Å². The van der Waals surface area contributed by atoms with Gasteiger partial charge in [-0.05, 0) is 31.2 Å². The van der Waals surface area contributed by atoms with Gasteiger partial charge in [0.05, 0.1) is 6.20 Å². The van der Waals surface area contributed by atoms with Gasteiger partial charge in [-0.2, -0.15) is 10.2 Å². The van der Waals surface area contributed by atoms with Crippen molar-refractivity contribution in [2.45, 2.75) is 45.1 Å². The number of nitrogens with one attached hydrogen (secondary N) is 2. The quantitative estimate of drug-likeness (QED) is 0.860. The minimum absolute atomic E-state index is 0.0830. The third-order valence-electron chi connectivity index (χ3n) is 4.98. The van der Waals surface area contributed by atoms with Crippen LogP contribution in [0, 0.1) is 12.8 Å². The minimum Gasteiger partial charge on any atom is -0.348 e. The molecule has 24 heavy (non-hydrogen) atoms. The van der Waals surface area contributed by atoms with E-state index in [1.807, 2.05) is 6.92 Å². The van der Waals surface area contributed by atoms with Crippen LogP contribution in [0.15, 0.2) is 11.0 Å². The zero-order valence-corrected chi connectivity index (χ0v) is 14.4. The van der Waals surface area contributed by atoms with E-state index in [1.54, 1.807) is 29.5 Å². The van der Waals surface area contributed by atoms with Crippen LogP contribution >= 0.6 is 0 Å². The fourth-order valence-electron chi connectivity index (χ4n) is 3.55. The highest BCUT2D eigenvalue weighted by atomic mass is 16.2. The van der Waals surface area contributed by atoms with E-state index in [-0.39, 0.29) is 23.6 Å². The number of hydrogen-bond donors (Lipinski definition) is 2. The first-order valence-corrected chi connectivity index (χ1v) is 8.37. The van der Waals surface area contributed by atoms with E-state index in [9.17, 15) is 9.59 Å². The summed E-state index contributed by atoms with van der Waals surface area (Å²) in [6.07, 6.45) is 6.60. The number of carbonyl (C=O) groups excluding carboxylic acids is 1. The van der Waals surface area contributed by atoms with Crippen molar-refractivity contribution in [3.63, 3.8) is 0 Å². The number of carbonyl (C=O) groups is 1. The van der Waals surface area contributed by atoms with Crippen molar-refractivity contribution in [1.29, 1.82) is 0 Å². The highest BCUT2D eigenvalue weighted by molar-refractivity contribution is 5.94.